The van der Waals surface area contributed by atoms with Crippen molar-refractivity contribution in [2.75, 3.05) is 13.2 Å². The molecule has 1 fully saturated rings. The molecule has 0 amide bonds. The topological polar surface area (TPSA) is 65.0 Å². The zero-order chi connectivity index (χ0) is 18.1. The molecule has 5 nitrogen and oxygen atoms in total. The summed E-state index contributed by atoms with van der Waals surface area (Å²) in [5.41, 5.74) is -1.10. The molecule has 1 N–H and O–H groups in total. The van der Waals surface area contributed by atoms with E-state index in [0.29, 0.717) is 0 Å². The second-order valence-electron chi connectivity index (χ2n) is 6.75. The van der Waals surface area contributed by atoms with Gasteiger partial charge >= 0.3 is 13.1 Å². The second kappa shape index (κ2) is 6.78. The highest BCUT2D eigenvalue weighted by atomic mass is 19.1. The highest BCUT2D eigenvalue weighted by molar-refractivity contribution is 6.62. The van der Waals surface area contributed by atoms with E-state index < -0.39 is 42.5 Å². The van der Waals surface area contributed by atoms with Gasteiger partial charge in [0.25, 0.3) is 0 Å². The number of carboxylic acid groups (broad SMARTS) is 1. The fraction of sp³-hybridized carbons (Fsp3) is 0.562. The highest BCUT2D eigenvalue weighted by Gasteiger charge is 2.51. The number of carbonyl (C=O) groups is 1. The zero-order valence-electron chi connectivity index (χ0n) is 14.2. The maximum atomic E-state index is 14.2. The van der Waals surface area contributed by atoms with Crippen LogP contribution in [-0.2, 0) is 25.3 Å². The summed E-state index contributed by atoms with van der Waals surface area (Å²) in [6.07, 6.45) is -0.0609. The lowest BCUT2D eigenvalue weighted by Gasteiger charge is -2.32. The Balaban J connectivity index is 2.11. The normalized spacial score (nSPS) is 18.8. The largest absolute Gasteiger partial charge is 0.495 e. The van der Waals surface area contributed by atoms with Gasteiger partial charge in [-0.25, -0.2) is 13.6 Å². The van der Waals surface area contributed by atoms with Crippen LogP contribution in [0.5, 0.6) is 0 Å². The van der Waals surface area contributed by atoms with Gasteiger partial charge in [-0.05, 0) is 45.3 Å². The quantitative estimate of drug-likeness (QED) is 0.632. The van der Waals surface area contributed by atoms with E-state index in [-0.39, 0.29) is 24.1 Å². The van der Waals surface area contributed by atoms with Crippen LogP contribution in [0.25, 0.3) is 0 Å². The fourth-order valence-electron chi connectivity index (χ4n) is 2.31. The summed E-state index contributed by atoms with van der Waals surface area (Å²) in [5, 5.41) is 8.46. The first-order chi connectivity index (χ1) is 11.0. The van der Waals surface area contributed by atoms with E-state index in [4.69, 9.17) is 19.2 Å². The second-order valence-corrected chi connectivity index (χ2v) is 6.75. The molecule has 1 aromatic carbocycles. The molecule has 2 rings (SSSR count). The minimum atomic E-state index is -1.13. The summed E-state index contributed by atoms with van der Waals surface area (Å²) in [4.78, 5) is 10.3. The molecule has 0 bridgehead atoms. The summed E-state index contributed by atoms with van der Waals surface area (Å²) >= 11 is 0. The Bertz CT molecular complexity index is 594. The monoisotopic (exact) mass is 342 g/mol. The molecule has 0 radical (unpaired) electrons. The Morgan fingerprint density at radius 1 is 1.17 bits per heavy atom. The number of rotatable bonds is 6. The Morgan fingerprint density at radius 2 is 1.67 bits per heavy atom. The van der Waals surface area contributed by atoms with Crippen LogP contribution >= 0.6 is 0 Å². The lowest BCUT2D eigenvalue weighted by molar-refractivity contribution is -0.142. The molecule has 0 saturated carbocycles. The Hall–Kier alpha value is -1.51. The van der Waals surface area contributed by atoms with Gasteiger partial charge in [-0.3, -0.25) is 0 Å². The van der Waals surface area contributed by atoms with Crippen molar-refractivity contribution in [3.8, 4) is 0 Å². The lowest BCUT2D eigenvalue weighted by Crippen LogP contribution is -2.41. The van der Waals surface area contributed by atoms with Crippen molar-refractivity contribution >= 4 is 18.6 Å². The van der Waals surface area contributed by atoms with E-state index in [0.717, 1.165) is 0 Å². The Morgan fingerprint density at radius 3 is 2.12 bits per heavy atom. The van der Waals surface area contributed by atoms with Crippen molar-refractivity contribution in [1.29, 1.82) is 0 Å². The van der Waals surface area contributed by atoms with Crippen LogP contribution in [0.2, 0.25) is 0 Å². The van der Waals surface area contributed by atoms with E-state index in [1.165, 1.54) is 12.1 Å². The number of carboxylic acids is 1. The first kappa shape index (κ1) is 18.8. The van der Waals surface area contributed by atoms with Crippen LogP contribution in [0.15, 0.2) is 12.1 Å². The Labute approximate surface area is 140 Å². The smallest absolute Gasteiger partial charge is 0.480 e. The number of ether oxygens (including phenoxy) is 1. The van der Waals surface area contributed by atoms with Gasteiger partial charge in [0.15, 0.2) is 0 Å². The number of aliphatic carboxylic acids is 1. The molecule has 0 aliphatic carbocycles. The maximum Gasteiger partial charge on any atom is 0.495 e. The molecule has 132 valence electrons. The molecule has 0 spiro atoms. The summed E-state index contributed by atoms with van der Waals surface area (Å²) in [6, 6.07) is 2.36. The van der Waals surface area contributed by atoms with Gasteiger partial charge in [-0.15, -0.1) is 0 Å². The predicted molar refractivity (Wildman–Crippen MR) is 84.2 cm³/mol. The number of hydrogen-bond donors (Lipinski definition) is 1. The van der Waals surface area contributed by atoms with Gasteiger partial charge in [0.2, 0.25) is 0 Å². The third-order valence-electron chi connectivity index (χ3n) is 4.41. The van der Waals surface area contributed by atoms with Crippen molar-refractivity contribution < 1.29 is 32.7 Å². The van der Waals surface area contributed by atoms with Crippen LogP contribution in [-0.4, -0.2) is 42.6 Å². The molecule has 0 atom stereocenters. The predicted octanol–water partition coefficient (Wildman–Crippen LogP) is 1.91. The van der Waals surface area contributed by atoms with Crippen molar-refractivity contribution in [1.82, 2.24) is 0 Å². The summed E-state index contributed by atoms with van der Waals surface area (Å²) in [7, 11) is -0.851. The number of halogens is 2. The van der Waals surface area contributed by atoms with Gasteiger partial charge in [-0.2, -0.15) is 0 Å². The van der Waals surface area contributed by atoms with Crippen LogP contribution < -0.4 is 5.46 Å². The van der Waals surface area contributed by atoms with Gasteiger partial charge in [0, 0.05) is 12.0 Å². The molecule has 24 heavy (non-hydrogen) atoms. The maximum absolute atomic E-state index is 14.2. The third kappa shape index (κ3) is 3.93. The molecular formula is C16H21BF2O5. The number of hydrogen-bond acceptors (Lipinski definition) is 4. The standard InChI is InChI=1S/C16H21BF2O5/c1-15(2)16(3,4)24-17(23-15)10-7-12(18)11(13(19)8-10)5-6-22-9-14(20)21/h7-8H,5-6,9H2,1-4H3,(H,20,21). The van der Waals surface area contributed by atoms with E-state index in [1.807, 2.05) is 27.7 Å². The number of benzene rings is 1. The fourth-order valence-corrected chi connectivity index (χ4v) is 2.31. The molecule has 1 aliphatic heterocycles. The lowest BCUT2D eigenvalue weighted by atomic mass is 9.78. The van der Waals surface area contributed by atoms with Gasteiger partial charge in [0.1, 0.15) is 18.2 Å². The first-order valence-corrected chi connectivity index (χ1v) is 7.66. The van der Waals surface area contributed by atoms with Crippen LogP contribution in [0, 0.1) is 11.6 Å². The van der Waals surface area contributed by atoms with Gasteiger partial charge in [-0.1, -0.05) is 0 Å². The van der Waals surface area contributed by atoms with Crippen molar-refractivity contribution in [2.45, 2.75) is 45.3 Å². The summed E-state index contributed by atoms with van der Waals surface area (Å²) in [5.74, 6) is -2.61. The molecule has 1 aliphatic rings. The summed E-state index contributed by atoms with van der Waals surface area (Å²) in [6.45, 7) is 6.83. The van der Waals surface area contributed by atoms with Crippen LogP contribution in [0.1, 0.15) is 33.3 Å². The van der Waals surface area contributed by atoms with Crippen LogP contribution in [0.4, 0.5) is 8.78 Å². The van der Waals surface area contributed by atoms with Crippen LogP contribution in [0.3, 0.4) is 0 Å². The first-order valence-electron chi connectivity index (χ1n) is 7.66. The minimum Gasteiger partial charge on any atom is -0.480 e. The van der Waals surface area contributed by atoms with Crippen molar-refractivity contribution in [3.63, 3.8) is 0 Å². The highest BCUT2D eigenvalue weighted by Crippen LogP contribution is 2.36. The van der Waals surface area contributed by atoms with E-state index in [9.17, 15) is 13.6 Å². The van der Waals surface area contributed by atoms with Crippen molar-refractivity contribution in [2.24, 2.45) is 0 Å². The third-order valence-corrected chi connectivity index (χ3v) is 4.41. The Kier molecular flexibility index (Phi) is 5.32. The van der Waals surface area contributed by atoms with Gasteiger partial charge < -0.3 is 19.2 Å². The molecular weight excluding hydrogens is 321 g/mol. The molecule has 1 heterocycles. The average molecular weight is 342 g/mol. The molecule has 0 aromatic heterocycles. The minimum absolute atomic E-state index is 0.0609. The molecule has 1 saturated heterocycles. The van der Waals surface area contributed by atoms with Gasteiger partial charge in [0.05, 0.1) is 17.8 Å². The zero-order valence-corrected chi connectivity index (χ0v) is 14.2. The SMILES string of the molecule is CC1(C)OB(c2cc(F)c(CCOCC(=O)O)c(F)c2)OC1(C)C. The van der Waals surface area contributed by atoms with E-state index >= 15 is 0 Å². The van der Waals surface area contributed by atoms with E-state index in [1.54, 1.807) is 0 Å². The summed E-state index contributed by atoms with van der Waals surface area (Å²) < 4.78 is 44.8. The molecule has 8 heteroatoms. The van der Waals surface area contributed by atoms with E-state index in [2.05, 4.69) is 0 Å². The molecule has 0 unspecified atom stereocenters. The van der Waals surface area contributed by atoms with Crippen molar-refractivity contribution in [3.05, 3.63) is 29.3 Å². The molecule has 1 aromatic rings. The average Bonchev–Trinajstić information content (AvgIpc) is 2.65.